The smallest absolute Gasteiger partial charge is 0.147 e. The van der Waals surface area contributed by atoms with E-state index in [4.69, 9.17) is 5.26 Å². The van der Waals surface area contributed by atoms with Crippen LogP contribution in [0.1, 0.15) is 32.3 Å². The minimum absolute atomic E-state index is 0.336. The van der Waals surface area contributed by atoms with Gasteiger partial charge < -0.3 is 5.32 Å². The quantitative estimate of drug-likeness (QED) is 0.865. The first-order chi connectivity index (χ1) is 8.10. The molecule has 0 atom stereocenters. The molecule has 1 aromatic carbocycles. The molecule has 0 radical (unpaired) electrons. The zero-order valence-electron chi connectivity index (χ0n) is 10.2. The average molecular weight is 232 g/mol. The van der Waals surface area contributed by atoms with Gasteiger partial charge in [-0.25, -0.2) is 4.39 Å². The number of nitriles is 1. The molecule has 1 fully saturated rings. The summed E-state index contributed by atoms with van der Waals surface area (Å²) >= 11 is 0. The van der Waals surface area contributed by atoms with E-state index in [-0.39, 0.29) is 5.82 Å². The van der Waals surface area contributed by atoms with Crippen molar-refractivity contribution in [3.05, 3.63) is 29.6 Å². The zero-order valence-corrected chi connectivity index (χ0v) is 10.2. The predicted octanol–water partition coefficient (Wildman–Crippen LogP) is 3.54. The Labute approximate surface area is 101 Å². The lowest BCUT2D eigenvalue weighted by atomic mass is 9.73. The molecule has 0 aromatic heterocycles. The molecule has 0 spiro atoms. The van der Waals surface area contributed by atoms with E-state index in [2.05, 4.69) is 19.2 Å². The van der Waals surface area contributed by atoms with Crippen molar-refractivity contribution in [1.82, 2.24) is 0 Å². The molecule has 1 aliphatic rings. The maximum absolute atomic E-state index is 13.6. The molecule has 1 N–H and O–H groups in total. The highest BCUT2D eigenvalue weighted by Gasteiger charge is 2.31. The Morgan fingerprint density at radius 2 is 2.12 bits per heavy atom. The van der Waals surface area contributed by atoms with Crippen LogP contribution in [0.25, 0.3) is 0 Å². The third-order valence-electron chi connectivity index (χ3n) is 3.58. The van der Waals surface area contributed by atoms with E-state index >= 15 is 0 Å². The van der Waals surface area contributed by atoms with Crippen LogP contribution < -0.4 is 5.32 Å². The van der Waals surface area contributed by atoms with Gasteiger partial charge in [0.05, 0.1) is 17.3 Å². The van der Waals surface area contributed by atoms with Crippen LogP contribution in [0.3, 0.4) is 0 Å². The Bertz CT molecular complexity index is 442. The molecule has 3 heteroatoms. The molecule has 2 rings (SSSR count). The van der Waals surface area contributed by atoms with Gasteiger partial charge in [-0.3, -0.25) is 0 Å². The summed E-state index contributed by atoms with van der Waals surface area (Å²) in [5.74, 6) is 1.13. The van der Waals surface area contributed by atoms with Crippen molar-refractivity contribution in [2.75, 3.05) is 5.32 Å². The van der Waals surface area contributed by atoms with Crippen molar-refractivity contribution in [2.24, 2.45) is 11.8 Å². The minimum atomic E-state index is -0.336. The van der Waals surface area contributed by atoms with Gasteiger partial charge in [0.2, 0.25) is 0 Å². The standard InChI is InChI=1S/C14H17FN2/c1-9(2)11-6-12(7-11)17-14-4-3-10(8-16)5-13(14)15/h3-5,9,11-12,17H,6-7H2,1-2H3. The van der Waals surface area contributed by atoms with Gasteiger partial charge in [-0.05, 0) is 42.9 Å². The van der Waals surface area contributed by atoms with E-state index in [0.717, 1.165) is 18.8 Å². The number of benzene rings is 1. The SMILES string of the molecule is CC(C)C1CC(Nc2ccc(C#N)cc2F)C1. The minimum Gasteiger partial charge on any atom is -0.380 e. The van der Waals surface area contributed by atoms with E-state index in [0.29, 0.717) is 23.2 Å². The molecule has 0 saturated heterocycles. The van der Waals surface area contributed by atoms with Crippen LogP contribution in [0.4, 0.5) is 10.1 Å². The van der Waals surface area contributed by atoms with Crippen LogP contribution in [0.15, 0.2) is 18.2 Å². The topological polar surface area (TPSA) is 35.8 Å². The number of nitrogens with one attached hydrogen (secondary N) is 1. The lowest BCUT2D eigenvalue weighted by Crippen LogP contribution is -2.38. The first-order valence-electron chi connectivity index (χ1n) is 6.06. The Balaban J connectivity index is 1.95. The monoisotopic (exact) mass is 232 g/mol. The van der Waals surface area contributed by atoms with Gasteiger partial charge in [0.15, 0.2) is 0 Å². The molecular weight excluding hydrogens is 215 g/mol. The summed E-state index contributed by atoms with van der Waals surface area (Å²) < 4.78 is 13.6. The molecule has 1 aliphatic carbocycles. The zero-order chi connectivity index (χ0) is 12.4. The lowest BCUT2D eigenvalue weighted by molar-refractivity contribution is 0.211. The summed E-state index contributed by atoms with van der Waals surface area (Å²) in [6.07, 6.45) is 2.22. The van der Waals surface area contributed by atoms with Gasteiger partial charge in [-0.2, -0.15) is 5.26 Å². The van der Waals surface area contributed by atoms with Crippen LogP contribution in [0.2, 0.25) is 0 Å². The van der Waals surface area contributed by atoms with Gasteiger partial charge in [0, 0.05) is 6.04 Å². The molecule has 0 amide bonds. The van der Waals surface area contributed by atoms with Gasteiger partial charge in [0.1, 0.15) is 5.82 Å². The van der Waals surface area contributed by atoms with Crippen molar-refractivity contribution < 1.29 is 4.39 Å². The second-order valence-corrected chi connectivity index (χ2v) is 5.12. The van der Waals surface area contributed by atoms with Crippen molar-refractivity contribution in [1.29, 1.82) is 5.26 Å². The Morgan fingerprint density at radius 3 is 2.65 bits per heavy atom. The fourth-order valence-electron chi connectivity index (χ4n) is 2.25. The molecule has 2 nitrogen and oxygen atoms in total. The third-order valence-corrected chi connectivity index (χ3v) is 3.58. The molecule has 0 aliphatic heterocycles. The summed E-state index contributed by atoms with van der Waals surface area (Å²) in [7, 11) is 0. The molecule has 17 heavy (non-hydrogen) atoms. The van der Waals surface area contributed by atoms with Crippen LogP contribution in [-0.4, -0.2) is 6.04 Å². The van der Waals surface area contributed by atoms with E-state index in [1.54, 1.807) is 12.1 Å². The molecular formula is C14H17FN2. The summed E-state index contributed by atoms with van der Waals surface area (Å²) in [5.41, 5.74) is 0.873. The van der Waals surface area contributed by atoms with Crippen LogP contribution in [-0.2, 0) is 0 Å². The number of nitrogens with zero attached hydrogens (tertiary/aromatic N) is 1. The maximum Gasteiger partial charge on any atom is 0.147 e. The summed E-state index contributed by atoms with van der Waals surface area (Å²) in [6, 6.07) is 6.88. The van der Waals surface area contributed by atoms with E-state index in [1.807, 2.05) is 6.07 Å². The highest BCUT2D eigenvalue weighted by Crippen LogP contribution is 2.35. The largest absolute Gasteiger partial charge is 0.380 e. The van der Waals surface area contributed by atoms with E-state index < -0.39 is 0 Å². The first-order valence-corrected chi connectivity index (χ1v) is 6.06. The summed E-state index contributed by atoms with van der Waals surface area (Å²) in [4.78, 5) is 0. The highest BCUT2D eigenvalue weighted by atomic mass is 19.1. The number of halogens is 1. The molecule has 90 valence electrons. The van der Waals surface area contributed by atoms with Crippen molar-refractivity contribution in [2.45, 2.75) is 32.7 Å². The highest BCUT2D eigenvalue weighted by molar-refractivity contribution is 5.49. The maximum atomic E-state index is 13.6. The lowest BCUT2D eigenvalue weighted by Gasteiger charge is -2.39. The van der Waals surface area contributed by atoms with Gasteiger partial charge in [0.25, 0.3) is 0 Å². The first kappa shape index (κ1) is 11.9. The average Bonchev–Trinajstić information content (AvgIpc) is 2.23. The van der Waals surface area contributed by atoms with Crippen molar-refractivity contribution in [3.63, 3.8) is 0 Å². The van der Waals surface area contributed by atoms with E-state index in [9.17, 15) is 4.39 Å². The normalized spacial score (nSPS) is 23.0. The summed E-state index contributed by atoms with van der Waals surface area (Å²) in [5, 5.41) is 11.8. The second kappa shape index (κ2) is 4.75. The van der Waals surface area contributed by atoms with Crippen LogP contribution in [0, 0.1) is 29.0 Å². The van der Waals surface area contributed by atoms with Crippen molar-refractivity contribution >= 4 is 5.69 Å². The predicted molar refractivity (Wildman–Crippen MR) is 66.1 cm³/mol. The number of hydrogen-bond donors (Lipinski definition) is 1. The number of rotatable bonds is 3. The van der Waals surface area contributed by atoms with E-state index in [1.165, 1.54) is 6.07 Å². The Morgan fingerprint density at radius 1 is 1.41 bits per heavy atom. The molecule has 0 unspecified atom stereocenters. The molecule has 0 heterocycles. The fourth-order valence-corrected chi connectivity index (χ4v) is 2.25. The van der Waals surface area contributed by atoms with Gasteiger partial charge in [-0.1, -0.05) is 13.8 Å². The van der Waals surface area contributed by atoms with Crippen LogP contribution in [0.5, 0.6) is 0 Å². The summed E-state index contributed by atoms with van der Waals surface area (Å²) in [6.45, 7) is 4.45. The Hall–Kier alpha value is -1.56. The number of hydrogen-bond acceptors (Lipinski definition) is 2. The van der Waals surface area contributed by atoms with Gasteiger partial charge in [-0.15, -0.1) is 0 Å². The number of anilines is 1. The van der Waals surface area contributed by atoms with Gasteiger partial charge >= 0.3 is 0 Å². The molecule has 0 bridgehead atoms. The Kier molecular flexibility index (Phi) is 3.33. The molecule has 1 saturated carbocycles. The van der Waals surface area contributed by atoms with Crippen molar-refractivity contribution in [3.8, 4) is 6.07 Å². The third kappa shape index (κ3) is 2.58. The molecule has 1 aromatic rings. The fraction of sp³-hybridized carbons (Fsp3) is 0.500. The van der Waals surface area contributed by atoms with Crippen LogP contribution >= 0.6 is 0 Å². The second-order valence-electron chi connectivity index (χ2n) is 5.12.